The van der Waals surface area contributed by atoms with Gasteiger partial charge in [0.15, 0.2) is 0 Å². The van der Waals surface area contributed by atoms with Crippen molar-refractivity contribution in [3.63, 3.8) is 0 Å². The van der Waals surface area contributed by atoms with Gasteiger partial charge in [-0.1, -0.05) is 6.07 Å². The molecule has 0 aliphatic carbocycles. The van der Waals surface area contributed by atoms with Gasteiger partial charge in [-0.15, -0.1) is 0 Å². The zero-order chi connectivity index (χ0) is 18.6. The summed E-state index contributed by atoms with van der Waals surface area (Å²) in [6.07, 6.45) is 1.96. The average molecular weight is 367 g/mol. The molecule has 0 radical (unpaired) electrons. The Labute approximate surface area is 148 Å². The number of H-pyrrole nitrogens is 1. The lowest BCUT2D eigenvalue weighted by Gasteiger charge is -2.16. The van der Waals surface area contributed by atoms with Crippen LogP contribution in [0, 0.1) is 0 Å². The third kappa shape index (κ3) is 4.73. The number of nitrogens with one attached hydrogen (secondary N) is 1. The number of likely N-dealkylation sites (N-methyl/N-ethyl adjacent to an activating group) is 1. The number of ether oxygens (including phenoxy) is 1. The molecule has 2 aromatic rings. The summed E-state index contributed by atoms with van der Waals surface area (Å²) in [7, 11) is 1.45. The Balaban J connectivity index is 2.23. The SMILES string of the molecule is CCOC(=O)N(C)S(=O)(=O)Cc1ccc2[nH]cc(CCN(C)C)c2c1. The Morgan fingerprint density at radius 1 is 1.24 bits per heavy atom. The monoisotopic (exact) mass is 367 g/mol. The van der Waals surface area contributed by atoms with Gasteiger partial charge in [0, 0.05) is 30.7 Å². The van der Waals surface area contributed by atoms with Crippen molar-refractivity contribution in [1.82, 2.24) is 14.2 Å². The van der Waals surface area contributed by atoms with Crippen LogP contribution in [0.5, 0.6) is 0 Å². The highest BCUT2D eigenvalue weighted by atomic mass is 32.2. The van der Waals surface area contributed by atoms with E-state index in [4.69, 9.17) is 4.74 Å². The van der Waals surface area contributed by atoms with E-state index in [1.165, 1.54) is 7.05 Å². The van der Waals surface area contributed by atoms with Crippen molar-refractivity contribution in [3.8, 4) is 0 Å². The van der Waals surface area contributed by atoms with E-state index < -0.39 is 16.1 Å². The molecule has 0 spiro atoms. The van der Waals surface area contributed by atoms with Gasteiger partial charge in [-0.25, -0.2) is 17.5 Å². The van der Waals surface area contributed by atoms with Gasteiger partial charge in [-0.3, -0.25) is 0 Å². The number of fused-ring (bicyclic) bond motifs is 1. The topological polar surface area (TPSA) is 82.7 Å². The van der Waals surface area contributed by atoms with Gasteiger partial charge in [-0.2, -0.15) is 0 Å². The summed E-state index contributed by atoms with van der Waals surface area (Å²) in [6.45, 7) is 2.66. The Kier molecular flexibility index (Phi) is 6.07. The number of nitrogens with zero attached hydrogens (tertiary/aromatic N) is 2. The lowest BCUT2D eigenvalue weighted by Crippen LogP contribution is -2.34. The first-order chi connectivity index (χ1) is 11.7. The third-order valence-electron chi connectivity index (χ3n) is 3.95. The molecule has 1 aromatic heterocycles. The molecule has 7 nitrogen and oxygen atoms in total. The van der Waals surface area contributed by atoms with Gasteiger partial charge in [0.2, 0.25) is 10.0 Å². The third-order valence-corrected chi connectivity index (χ3v) is 5.63. The van der Waals surface area contributed by atoms with Crippen LogP contribution >= 0.6 is 0 Å². The van der Waals surface area contributed by atoms with Crippen molar-refractivity contribution >= 4 is 27.0 Å². The van der Waals surface area contributed by atoms with E-state index in [0.29, 0.717) is 9.87 Å². The first kappa shape index (κ1) is 19.3. The second-order valence-electron chi connectivity index (χ2n) is 6.17. The molecule has 1 heterocycles. The summed E-state index contributed by atoms with van der Waals surface area (Å²) in [4.78, 5) is 17.0. The van der Waals surface area contributed by atoms with Crippen LogP contribution in [0.3, 0.4) is 0 Å². The Hall–Kier alpha value is -2.06. The number of aromatic amines is 1. The fraction of sp³-hybridized carbons (Fsp3) is 0.471. The number of amides is 1. The first-order valence-electron chi connectivity index (χ1n) is 8.11. The minimum atomic E-state index is -3.78. The largest absolute Gasteiger partial charge is 0.449 e. The van der Waals surface area contributed by atoms with Crippen LogP contribution in [0.1, 0.15) is 18.1 Å². The van der Waals surface area contributed by atoms with Crippen LogP contribution in [0.4, 0.5) is 4.79 Å². The van der Waals surface area contributed by atoms with Crippen molar-refractivity contribution < 1.29 is 17.9 Å². The summed E-state index contributed by atoms with van der Waals surface area (Å²) in [5, 5.41) is 1.01. The molecule has 8 heteroatoms. The van der Waals surface area contributed by atoms with E-state index in [9.17, 15) is 13.2 Å². The maximum atomic E-state index is 12.4. The Morgan fingerprint density at radius 2 is 1.96 bits per heavy atom. The molecule has 25 heavy (non-hydrogen) atoms. The molecule has 0 fully saturated rings. The smallest absolute Gasteiger partial charge is 0.423 e. The number of benzene rings is 1. The van der Waals surface area contributed by atoms with Gasteiger partial charge in [-0.05, 0) is 50.7 Å². The highest BCUT2D eigenvalue weighted by Gasteiger charge is 2.25. The van der Waals surface area contributed by atoms with E-state index in [2.05, 4.69) is 9.88 Å². The number of hydrogen-bond donors (Lipinski definition) is 1. The fourth-order valence-corrected chi connectivity index (χ4v) is 3.58. The summed E-state index contributed by atoms with van der Waals surface area (Å²) in [6, 6.07) is 5.49. The average Bonchev–Trinajstić information content (AvgIpc) is 2.94. The van der Waals surface area contributed by atoms with Crippen LogP contribution < -0.4 is 0 Å². The van der Waals surface area contributed by atoms with Crippen LogP contribution in [0.15, 0.2) is 24.4 Å². The zero-order valence-electron chi connectivity index (χ0n) is 15.1. The van der Waals surface area contributed by atoms with E-state index >= 15 is 0 Å². The quantitative estimate of drug-likeness (QED) is 0.811. The summed E-state index contributed by atoms with van der Waals surface area (Å²) in [5.74, 6) is -0.253. The van der Waals surface area contributed by atoms with Gasteiger partial charge in [0.1, 0.15) is 0 Å². The zero-order valence-corrected chi connectivity index (χ0v) is 15.9. The minimum Gasteiger partial charge on any atom is -0.449 e. The van der Waals surface area contributed by atoms with E-state index in [0.717, 1.165) is 29.4 Å². The van der Waals surface area contributed by atoms with Gasteiger partial charge < -0.3 is 14.6 Å². The predicted octanol–water partition coefficient (Wildman–Crippen LogP) is 2.19. The highest BCUT2D eigenvalue weighted by Crippen LogP contribution is 2.22. The molecular weight excluding hydrogens is 342 g/mol. The second-order valence-corrected chi connectivity index (χ2v) is 8.17. The molecule has 2 rings (SSSR count). The van der Waals surface area contributed by atoms with Crippen molar-refractivity contribution in [2.24, 2.45) is 0 Å². The van der Waals surface area contributed by atoms with Gasteiger partial charge in [0.25, 0.3) is 0 Å². The molecule has 1 aromatic carbocycles. The molecule has 0 aliphatic heterocycles. The molecule has 1 amide bonds. The molecule has 0 saturated carbocycles. The molecule has 0 atom stereocenters. The van der Waals surface area contributed by atoms with Crippen molar-refractivity contribution in [1.29, 1.82) is 0 Å². The standard InChI is InChI=1S/C17H25N3O4S/c1-5-24-17(21)20(4)25(22,23)12-13-6-7-16-15(10-13)14(11-18-16)8-9-19(2)3/h6-7,10-11,18H,5,8-9,12H2,1-4H3. The van der Waals surface area contributed by atoms with E-state index in [1.807, 2.05) is 32.4 Å². The molecule has 138 valence electrons. The van der Waals surface area contributed by atoms with E-state index in [1.54, 1.807) is 13.0 Å². The number of rotatable bonds is 7. The first-order valence-corrected chi connectivity index (χ1v) is 9.72. The maximum Gasteiger partial charge on any atom is 0.423 e. The summed E-state index contributed by atoms with van der Waals surface area (Å²) in [5.41, 5.74) is 2.74. The molecule has 1 N–H and O–H groups in total. The van der Waals surface area contributed by atoms with E-state index in [-0.39, 0.29) is 12.4 Å². The van der Waals surface area contributed by atoms with Gasteiger partial charge in [0.05, 0.1) is 12.4 Å². The highest BCUT2D eigenvalue weighted by molar-refractivity contribution is 7.88. The normalized spacial score (nSPS) is 11.9. The molecule has 0 saturated heterocycles. The van der Waals surface area contributed by atoms with Crippen LogP contribution in [0.2, 0.25) is 0 Å². The van der Waals surface area contributed by atoms with Crippen molar-refractivity contribution in [2.75, 3.05) is 34.3 Å². The van der Waals surface area contributed by atoms with Crippen molar-refractivity contribution in [3.05, 3.63) is 35.5 Å². The maximum absolute atomic E-state index is 12.4. The van der Waals surface area contributed by atoms with Gasteiger partial charge >= 0.3 is 6.09 Å². The van der Waals surface area contributed by atoms with Crippen LogP contribution in [0.25, 0.3) is 10.9 Å². The van der Waals surface area contributed by atoms with Crippen LogP contribution in [-0.2, 0) is 26.9 Å². The number of hydrogen-bond acceptors (Lipinski definition) is 5. The Bertz CT molecular complexity index is 843. The lowest BCUT2D eigenvalue weighted by atomic mass is 10.1. The predicted molar refractivity (Wildman–Crippen MR) is 98.0 cm³/mol. The molecule has 0 aliphatic rings. The lowest BCUT2D eigenvalue weighted by molar-refractivity contribution is 0.136. The molecular formula is C17H25N3O4S. The summed E-state index contributed by atoms with van der Waals surface area (Å²) < 4.78 is 30.2. The van der Waals surface area contributed by atoms with Crippen molar-refractivity contribution in [2.45, 2.75) is 19.1 Å². The summed E-state index contributed by atoms with van der Waals surface area (Å²) >= 11 is 0. The van der Waals surface area contributed by atoms with Crippen LogP contribution in [-0.4, -0.2) is 63.0 Å². The number of sulfonamides is 1. The number of carbonyl (C=O) groups excluding carboxylic acids is 1. The minimum absolute atomic E-state index is 0.128. The molecule has 0 bridgehead atoms. The second kappa shape index (κ2) is 7.88. The molecule has 0 unspecified atom stereocenters. The Morgan fingerprint density at radius 3 is 2.60 bits per heavy atom. The number of aromatic nitrogens is 1. The number of carbonyl (C=O) groups is 1. The fourth-order valence-electron chi connectivity index (χ4n) is 2.50.